The fraction of sp³-hybridized carbons (Fsp3) is 0.438. The van der Waals surface area contributed by atoms with Crippen molar-refractivity contribution in [3.8, 4) is 0 Å². The van der Waals surface area contributed by atoms with Crippen LogP contribution in [0.1, 0.15) is 29.6 Å². The second-order valence-electron chi connectivity index (χ2n) is 5.94. The van der Waals surface area contributed by atoms with Gasteiger partial charge in [-0.2, -0.15) is 0 Å². The lowest BCUT2D eigenvalue weighted by Crippen LogP contribution is -2.37. The minimum absolute atomic E-state index is 0.0548. The van der Waals surface area contributed by atoms with Crippen LogP contribution in [0.25, 0.3) is 0 Å². The molecule has 2 aliphatic heterocycles. The molecule has 0 saturated carbocycles. The van der Waals surface area contributed by atoms with E-state index >= 15 is 0 Å². The van der Waals surface area contributed by atoms with Crippen LogP contribution < -0.4 is 10.2 Å². The number of carbonyl (C=O) groups is 3. The van der Waals surface area contributed by atoms with Gasteiger partial charge in [-0.1, -0.05) is 11.6 Å². The summed E-state index contributed by atoms with van der Waals surface area (Å²) in [5.74, 6) is -1.14. The summed E-state index contributed by atoms with van der Waals surface area (Å²) in [5.41, 5.74) is 0.901. The molecule has 128 valence electrons. The van der Waals surface area contributed by atoms with Gasteiger partial charge in [0.05, 0.1) is 17.1 Å². The van der Waals surface area contributed by atoms with Crippen molar-refractivity contribution >= 4 is 35.2 Å². The Morgan fingerprint density at radius 1 is 1.33 bits per heavy atom. The number of urea groups is 1. The fourth-order valence-corrected chi connectivity index (χ4v) is 3.46. The van der Waals surface area contributed by atoms with E-state index in [1.807, 2.05) is 0 Å². The third-order valence-corrected chi connectivity index (χ3v) is 4.71. The number of carboxylic acids is 1. The van der Waals surface area contributed by atoms with Crippen LogP contribution in [0.2, 0.25) is 5.02 Å². The maximum Gasteiger partial charge on any atom is 0.322 e. The van der Waals surface area contributed by atoms with Gasteiger partial charge in [0.1, 0.15) is 0 Å². The lowest BCUT2D eigenvalue weighted by Gasteiger charge is -2.24. The summed E-state index contributed by atoms with van der Waals surface area (Å²) >= 11 is 6.18. The van der Waals surface area contributed by atoms with Gasteiger partial charge in [0.25, 0.3) is 5.91 Å². The maximum absolute atomic E-state index is 12.8. The molecule has 1 aromatic rings. The first-order chi connectivity index (χ1) is 11.5. The van der Waals surface area contributed by atoms with Crippen molar-refractivity contribution < 1.29 is 19.5 Å². The van der Waals surface area contributed by atoms with Crippen LogP contribution in [-0.2, 0) is 4.79 Å². The van der Waals surface area contributed by atoms with Crippen LogP contribution in [0.4, 0.5) is 10.5 Å². The van der Waals surface area contributed by atoms with E-state index in [2.05, 4.69) is 5.32 Å². The summed E-state index contributed by atoms with van der Waals surface area (Å²) in [6.45, 7) is 1.56. The van der Waals surface area contributed by atoms with E-state index in [-0.39, 0.29) is 24.4 Å². The molecule has 2 N–H and O–H groups in total. The number of carbonyl (C=O) groups excluding carboxylic acids is 2. The Hall–Kier alpha value is -2.28. The highest BCUT2D eigenvalue weighted by atomic mass is 35.5. The molecule has 0 radical (unpaired) electrons. The molecule has 7 nitrogen and oxygen atoms in total. The Balaban J connectivity index is 1.85. The number of rotatable bonds is 4. The van der Waals surface area contributed by atoms with E-state index in [4.69, 9.17) is 16.7 Å². The SMILES string of the molecule is O=C(O)CC1CCCN1C(=O)c1ccc(Cl)c(N2CCNC2=O)c1. The minimum Gasteiger partial charge on any atom is -0.481 e. The van der Waals surface area contributed by atoms with Crippen LogP contribution in [0.15, 0.2) is 18.2 Å². The summed E-state index contributed by atoms with van der Waals surface area (Å²) < 4.78 is 0. The molecule has 0 aromatic heterocycles. The topological polar surface area (TPSA) is 89.9 Å². The van der Waals surface area contributed by atoms with Gasteiger partial charge in [-0.25, -0.2) is 4.79 Å². The Bertz CT molecular complexity index is 694. The van der Waals surface area contributed by atoms with Crippen molar-refractivity contribution in [2.75, 3.05) is 24.5 Å². The number of hydrogen-bond donors (Lipinski definition) is 2. The summed E-state index contributed by atoms with van der Waals surface area (Å²) in [6.07, 6.45) is 1.42. The lowest BCUT2D eigenvalue weighted by molar-refractivity contribution is -0.137. The van der Waals surface area contributed by atoms with Gasteiger partial charge in [-0.15, -0.1) is 0 Å². The molecular weight excluding hydrogens is 334 g/mol. The van der Waals surface area contributed by atoms with Crippen LogP contribution >= 0.6 is 11.6 Å². The third kappa shape index (κ3) is 3.17. The first kappa shape index (κ1) is 16.6. The number of aliphatic carboxylic acids is 1. The van der Waals surface area contributed by atoms with Crippen LogP contribution in [0, 0.1) is 0 Å². The second-order valence-corrected chi connectivity index (χ2v) is 6.35. The van der Waals surface area contributed by atoms with Gasteiger partial charge < -0.3 is 15.3 Å². The van der Waals surface area contributed by atoms with Crippen molar-refractivity contribution in [3.63, 3.8) is 0 Å². The average molecular weight is 352 g/mol. The molecule has 1 aromatic carbocycles. The molecule has 2 fully saturated rings. The Labute approximate surface area is 144 Å². The van der Waals surface area contributed by atoms with E-state index in [0.29, 0.717) is 42.3 Å². The van der Waals surface area contributed by atoms with E-state index in [9.17, 15) is 14.4 Å². The number of nitrogens with zero attached hydrogens (tertiary/aromatic N) is 2. The minimum atomic E-state index is -0.912. The molecule has 24 heavy (non-hydrogen) atoms. The molecule has 3 rings (SSSR count). The van der Waals surface area contributed by atoms with Gasteiger partial charge >= 0.3 is 12.0 Å². The van der Waals surface area contributed by atoms with E-state index in [0.717, 1.165) is 6.42 Å². The van der Waals surface area contributed by atoms with Crippen molar-refractivity contribution in [1.82, 2.24) is 10.2 Å². The van der Waals surface area contributed by atoms with Crippen LogP contribution in [-0.4, -0.2) is 53.6 Å². The zero-order valence-corrected chi connectivity index (χ0v) is 13.8. The van der Waals surface area contributed by atoms with Gasteiger partial charge in [0.15, 0.2) is 0 Å². The molecule has 0 spiro atoms. The molecule has 8 heteroatoms. The Morgan fingerprint density at radius 3 is 2.79 bits per heavy atom. The number of amides is 3. The maximum atomic E-state index is 12.8. The first-order valence-corrected chi connectivity index (χ1v) is 8.23. The Morgan fingerprint density at radius 2 is 2.12 bits per heavy atom. The number of benzene rings is 1. The zero-order valence-electron chi connectivity index (χ0n) is 13.0. The van der Waals surface area contributed by atoms with Crippen molar-refractivity contribution in [2.24, 2.45) is 0 Å². The Kier molecular flexibility index (Phi) is 4.62. The smallest absolute Gasteiger partial charge is 0.322 e. The highest BCUT2D eigenvalue weighted by Gasteiger charge is 2.32. The summed E-state index contributed by atoms with van der Waals surface area (Å²) in [6, 6.07) is 4.28. The largest absolute Gasteiger partial charge is 0.481 e. The molecule has 2 aliphatic rings. The zero-order chi connectivity index (χ0) is 17.3. The number of hydrogen-bond acceptors (Lipinski definition) is 3. The second kappa shape index (κ2) is 6.68. The molecule has 0 bridgehead atoms. The van der Waals surface area contributed by atoms with Crippen molar-refractivity contribution in [3.05, 3.63) is 28.8 Å². The number of carboxylic acid groups (broad SMARTS) is 1. The first-order valence-electron chi connectivity index (χ1n) is 7.85. The van der Waals surface area contributed by atoms with Gasteiger partial charge in [0, 0.05) is 31.2 Å². The molecule has 1 unspecified atom stereocenters. The lowest BCUT2D eigenvalue weighted by atomic mass is 10.1. The summed E-state index contributed by atoms with van der Waals surface area (Å²) in [5, 5.41) is 12.1. The average Bonchev–Trinajstić information content (AvgIpc) is 3.15. The van der Waals surface area contributed by atoms with Gasteiger partial charge in [0.2, 0.25) is 0 Å². The number of halogens is 1. The number of likely N-dealkylation sites (tertiary alicyclic amines) is 1. The number of nitrogens with one attached hydrogen (secondary N) is 1. The predicted molar refractivity (Wildman–Crippen MR) is 88.5 cm³/mol. The predicted octanol–water partition coefficient (Wildman–Crippen LogP) is 1.95. The highest BCUT2D eigenvalue weighted by molar-refractivity contribution is 6.34. The molecular formula is C16H18ClN3O4. The van der Waals surface area contributed by atoms with Gasteiger partial charge in [-0.3, -0.25) is 14.5 Å². The fourth-order valence-electron chi connectivity index (χ4n) is 3.24. The molecule has 1 atom stereocenters. The molecule has 2 heterocycles. The standard InChI is InChI=1S/C16H18ClN3O4/c17-12-4-3-10(8-13(12)20-7-5-18-16(20)24)15(23)19-6-1-2-11(19)9-14(21)22/h3-4,8,11H,1-2,5-7,9H2,(H,18,24)(H,21,22). The highest BCUT2D eigenvalue weighted by Crippen LogP contribution is 2.30. The van der Waals surface area contributed by atoms with E-state index in [1.54, 1.807) is 23.1 Å². The molecule has 3 amide bonds. The quantitative estimate of drug-likeness (QED) is 0.867. The van der Waals surface area contributed by atoms with Gasteiger partial charge in [-0.05, 0) is 31.0 Å². The third-order valence-electron chi connectivity index (χ3n) is 4.39. The van der Waals surface area contributed by atoms with Crippen LogP contribution in [0.3, 0.4) is 0 Å². The number of anilines is 1. The van der Waals surface area contributed by atoms with E-state index in [1.165, 1.54) is 4.90 Å². The van der Waals surface area contributed by atoms with Crippen molar-refractivity contribution in [1.29, 1.82) is 0 Å². The molecule has 0 aliphatic carbocycles. The summed E-state index contributed by atoms with van der Waals surface area (Å²) in [4.78, 5) is 38.7. The summed E-state index contributed by atoms with van der Waals surface area (Å²) in [7, 11) is 0. The van der Waals surface area contributed by atoms with Crippen LogP contribution in [0.5, 0.6) is 0 Å². The molecule has 2 saturated heterocycles. The van der Waals surface area contributed by atoms with Crippen molar-refractivity contribution in [2.45, 2.75) is 25.3 Å². The monoisotopic (exact) mass is 351 g/mol. The van der Waals surface area contributed by atoms with E-state index < -0.39 is 5.97 Å². The normalized spacial score (nSPS) is 20.4.